The molecule has 5 nitrogen and oxygen atoms in total. The number of hydrogen-bond donors (Lipinski definition) is 2. The molecule has 0 bridgehead atoms. The van der Waals surface area contributed by atoms with E-state index < -0.39 is 11.9 Å². The van der Waals surface area contributed by atoms with Crippen molar-refractivity contribution >= 4 is 22.7 Å². The molecule has 0 unspecified atom stereocenters. The first-order valence-electron chi connectivity index (χ1n) is 6.34. The quantitative estimate of drug-likeness (QED) is 0.318. The predicted molar refractivity (Wildman–Crippen MR) is 76.1 cm³/mol. The van der Waals surface area contributed by atoms with Crippen molar-refractivity contribution in [3.05, 3.63) is 35.9 Å². The van der Waals surface area contributed by atoms with E-state index in [2.05, 4.69) is 5.16 Å². The monoisotopic (exact) mass is 299 g/mol. The van der Waals surface area contributed by atoms with Crippen LogP contribution in [-0.2, 0) is 16.1 Å². The molecule has 0 radical (unpaired) electrons. The highest BCUT2D eigenvalue weighted by Crippen LogP contribution is 2.16. The van der Waals surface area contributed by atoms with Crippen LogP contribution in [0.2, 0.25) is 0 Å². The van der Waals surface area contributed by atoms with E-state index in [-0.39, 0.29) is 11.6 Å². The summed E-state index contributed by atoms with van der Waals surface area (Å²) < 4.78 is 5.50. The Morgan fingerprint density at radius 1 is 1.35 bits per heavy atom. The van der Waals surface area contributed by atoms with E-state index in [0.717, 1.165) is 5.56 Å². The molecule has 0 aromatic heterocycles. The van der Waals surface area contributed by atoms with Crippen LogP contribution in [0.5, 0.6) is 0 Å². The Morgan fingerprint density at radius 2 is 2.05 bits per heavy atom. The lowest BCUT2D eigenvalue weighted by Crippen LogP contribution is -2.15. The minimum Gasteiger partial charge on any atom is -0.481 e. The van der Waals surface area contributed by atoms with Crippen LogP contribution in [0.4, 0.5) is 0 Å². The number of benzene rings is 1. The summed E-state index contributed by atoms with van der Waals surface area (Å²) >= 11 is 5.68. The molecule has 1 rings (SSSR count). The van der Waals surface area contributed by atoms with Crippen LogP contribution in [0.3, 0.4) is 0 Å². The first-order valence-corrected chi connectivity index (χ1v) is 6.72. The number of carboxylic acids is 1. The summed E-state index contributed by atoms with van der Waals surface area (Å²) in [5.41, 5.74) is 1.09. The van der Waals surface area contributed by atoms with Gasteiger partial charge in [-0.1, -0.05) is 47.1 Å². The second-order valence-electron chi connectivity index (χ2n) is 4.40. The van der Waals surface area contributed by atoms with Crippen molar-refractivity contribution in [2.75, 3.05) is 6.61 Å². The van der Waals surface area contributed by atoms with E-state index in [0.29, 0.717) is 26.1 Å². The molecule has 0 saturated carbocycles. The van der Waals surface area contributed by atoms with Crippen molar-refractivity contribution in [2.45, 2.75) is 25.9 Å². The van der Waals surface area contributed by atoms with Crippen molar-refractivity contribution in [3.8, 4) is 0 Å². The number of aliphatic carboxylic acids is 1. The molecule has 0 aliphatic rings. The third-order valence-corrected chi connectivity index (χ3v) is 3.19. The maximum absolute atomic E-state index is 10.7. The molecule has 110 valence electrons. The Hall–Kier alpha value is -1.59. The number of hydrogen-bond acceptors (Lipinski definition) is 4. The first kappa shape index (κ1) is 16.5. The Kier molecular flexibility index (Phi) is 7.69. The summed E-state index contributed by atoms with van der Waals surface area (Å²) in [4.78, 5) is 10.7. The van der Waals surface area contributed by atoms with Gasteiger partial charge in [-0.15, -0.1) is 0 Å². The number of rotatable bonds is 9. The fraction of sp³-hybridized carbons (Fsp3) is 0.429. The molecular formula is C14H18ClNO4. The second-order valence-corrected chi connectivity index (χ2v) is 4.79. The molecule has 0 amide bonds. The van der Waals surface area contributed by atoms with Crippen LogP contribution in [0, 0.1) is 5.92 Å². The number of nitrogens with zero attached hydrogens (tertiary/aromatic N) is 1. The molecule has 1 atom stereocenters. The molecule has 0 spiro atoms. The van der Waals surface area contributed by atoms with Gasteiger partial charge in [0.1, 0.15) is 5.17 Å². The normalized spacial score (nSPS) is 13.2. The Morgan fingerprint density at radius 3 is 2.65 bits per heavy atom. The van der Waals surface area contributed by atoms with Gasteiger partial charge in [-0.05, 0) is 18.4 Å². The number of carbonyl (C=O) groups is 1. The van der Waals surface area contributed by atoms with E-state index in [4.69, 9.17) is 26.7 Å². The topological polar surface area (TPSA) is 79.1 Å². The van der Waals surface area contributed by atoms with Crippen molar-refractivity contribution < 1.29 is 19.8 Å². The highest BCUT2D eigenvalue weighted by Gasteiger charge is 2.18. The number of oxime groups is 1. The second kappa shape index (κ2) is 9.34. The molecule has 0 fully saturated rings. The van der Waals surface area contributed by atoms with Crippen LogP contribution < -0.4 is 0 Å². The van der Waals surface area contributed by atoms with E-state index in [1.807, 2.05) is 30.3 Å². The molecular weight excluding hydrogens is 282 g/mol. The van der Waals surface area contributed by atoms with Crippen molar-refractivity contribution in [1.29, 1.82) is 0 Å². The van der Waals surface area contributed by atoms with Crippen LogP contribution in [0.15, 0.2) is 35.5 Å². The molecule has 0 saturated heterocycles. The summed E-state index contributed by atoms with van der Waals surface area (Å²) in [6, 6.07) is 9.78. The number of carboxylic acid groups (broad SMARTS) is 1. The van der Waals surface area contributed by atoms with Crippen LogP contribution >= 0.6 is 11.6 Å². The summed E-state index contributed by atoms with van der Waals surface area (Å²) in [7, 11) is 0. The molecule has 0 aliphatic heterocycles. The van der Waals surface area contributed by atoms with Gasteiger partial charge < -0.3 is 15.1 Å². The standard InChI is InChI=1S/C14H18ClNO4/c15-14(16-19)12(9-13(17)18)7-4-8-20-10-11-5-2-1-3-6-11/h1-3,5-6,12,19H,4,7-10H2,(H,17,18)/b16-14+/t12-/m0/s1. The highest BCUT2D eigenvalue weighted by molar-refractivity contribution is 6.65. The minimum atomic E-state index is -0.970. The molecule has 20 heavy (non-hydrogen) atoms. The zero-order valence-corrected chi connectivity index (χ0v) is 11.8. The van der Waals surface area contributed by atoms with Gasteiger partial charge in [0.15, 0.2) is 0 Å². The summed E-state index contributed by atoms with van der Waals surface area (Å²) in [6.07, 6.45) is 1.00. The van der Waals surface area contributed by atoms with Crippen molar-refractivity contribution in [2.24, 2.45) is 11.1 Å². The highest BCUT2D eigenvalue weighted by atomic mass is 35.5. The fourth-order valence-corrected chi connectivity index (χ4v) is 1.98. The summed E-state index contributed by atoms with van der Waals surface area (Å²) in [5, 5.41) is 20.1. The average Bonchev–Trinajstić information content (AvgIpc) is 2.45. The first-order chi connectivity index (χ1) is 9.63. The minimum absolute atomic E-state index is 0.0736. The molecule has 0 heterocycles. The lowest BCUT2D eigenvalue weighted by atomic mass is 10.0. The lowest BCUT2D eigenvalue weighted by molar-refractivity contribution is -0.137. The average molecular weight is 300 g/mol. The zero-order chi connectivity index (χ0) is 14.8. The van der Waals surface area contributed by atoms with Crippen molar-refractivity contribution in [1.82, 2.24) is 0 Å². The predicted octanol–water partition coefficient (Wildman–Crippen LogP) is 3.10. The van der Waals surface area contributed by atoms with Gasteiger partial charge in [0, 0.05) is 12.5 Å². The fourth-order valence-electron chi connectivity index (χ4n) is 1.79. The third-order valence-electron chi connectivity index (χ3n) is 2.81. The van der Waals surface area contributed by atoms with Gasteiger partial charge in [-0.2, -0.15) is 0 Å². The third kappa shape index (κ3) is 6.54. The van der Waals surface area contributed by atoms with Gasteiger partial charge in [-0.25, -0.2) is 0 Å². The van der Waals surface area contributed by atoms with Crippen LogP contribution in [0.25, 0.3) is 0 Å². The maximum Gasteiger partial charge on any atom is 0.304 e. The maximum atomic E-state index is 10.7. The Balaban J connectivity index is 2.25. The number of ether oxygens (including phenoxy) is 1. The van der Waals surface area contributed by atoms with Crippen LogP contribution in [-0.4, -0.2) is 28.1 Å². The zero-order valence-electron chi connectivity index (χ0n) is 11.0. The molecule has 1 aromatic carbocycles. The molecule has 6 heteroatoms. The van der Waals surface area contributed by atoms with E-state index in [1.54, 1.807) is 0 Å². The van der Waals surface area contributed by atoms with Crippen molar-refractivity contribution in [3.63, 3.8) is 0 Å². The van der Waals surface area contributed by atoms with E-state index in [1.165, 1.54) is 0 Å². The molecule has 2 N–H and O–H groups in total. The van der Waals surface area contributed by atoms with E-state index in [9.17, 15) is 4.79 Å². The van der Waals surface area contributed by atoms with Gasteiger partial charge in [-0.3, -0.25) is 4.79 Å². The molecule has 1 aromatic rings. The van der Waals surface area contributed by atoms with E-state index >= 15 is 0 Å². The summed E-state index contributed by atoms with van der Waals surface area (Å²) in [6.45, 7) is 1.02. The Bertz CT molecular complexity index is 436. The Labute approximate surface area is 122 Å². The van der Waals surface area contributed by atoms with Gasteiger partial charge in [0.2, 0.25) is 0 Å². The largest absolute Gasteiger partial charge is 0.481 e. The van der Waals surface area contributed by atoms with Gasteiger partial charge in [0.25, 0.3) is 0 Å². The number of halogens is 1. The van der Waals surface area contributed by atoms with Gasteiger partial charge >= 0.3 is 5.97 Å². The SMILES string of the molecule is O=C(O)C[C@H](CCCOCc1ccccc1)/C(Cl)=N\O. The smallest absolute Gasteiger partial charge is 0.304 e. The van der Waals surface area contributed by atoms with Gasteiger partial charge in [0.05, 0.1) is 13.0 Å². The molecule has 0 aliphatic carbocycles. The lowest BCUT2D eigenvalue weighted by Gasteiger charge is -2.12. The van der Waals surface area contributed by atoms with Crippen LogP contribution in [0.1, 0.15) is 24.8 Å². The summed E-state index contributed by atoms with van der Waals surface area (Å²) in [5.74, 6) is -1.44.